The minimum absolute atomic E-state index is 0.0128. The van der Waals surface area contributed by atoms with E-state index in [1.54, 1.807) is 17.0 Å². The number of urea groups is 1. The van der Waals surface area contributed by atoms with Crippen molar-refractivity contribution in [2.75, 3.05) is 18.4 Å². The molecule has 1 fully saturated rings. The quantitative estimate of drug-likeness (QED) is 0.876. The van der Waals surface area contributed by atoms with Gasteiger partial charge in [0.15, 0.2) is 0 Å². The number of likely N-dealkylation sites (tertiary alicyclic amines) is 1. The van der Waals surface area contributed by atoms with Gasteiger partial charge in [0.1, 0.15) is 0 Å². The average molecular weight is 362 g/mol. The molecule has 2 N–H and O–H groups in total. The maximum Gasteiger partial charge on any atom is 0.317 e. The predicted molar refractivity (Wildman–Crippen MR) is 103 cm³/mol. The molecule has 0 aromatic heterocycles. The molecule has 6 heteroatoms. The predicted octanol–water partition coefficient (Wildman–Crippen LogP) is 3.12. The van der Waals surface area contributed by atoms with E-state index in [0.717, 1.165) is 11.3 Å². The number of nitriles is 1. The second kappa shape index (κ2) is 8.86. The number of nitrogens with zero attached hydrogens (tertiary/aromatic N) is 2. The van der Waals surface area contributed by atoms with E-state index in [9.17, 15) is 9.59 Å². The summed E-state index contributed by atoms with van der Waals surface area (Å²) >= 11 is 0. The topological polar surface area (TPSA) is 85.2 Å². The normalized spacial score (nSPS) is 14.3. The number of amides is 3. The minimum Gasteiger partial charge on any atom is -0.334 e. The second-order valence-corrected chi connectivity index (χ2v) is 6.58. The third-order valence-corrected chi connectivity index (χ3v) is 4.72. The van der Waals surface area contributed by atoms with Gasteiger partial charge in [-0.05, 0) is 42.7 Å². The molecule has 2 aromatic rings. The summed E-state index contributed by atoms with van der Waals surface area (Å²) in [6.07, 6.45) is 1.31. The van der Waals surface area contributed by atoms with Crippen LogP contribution in [-0.4, -0.2) is 29.9 Å². The number of rotatable bonds is 4. The first kappa shape index (κ1) is 18.5. The maximum absolute atomic E-state index is 12.4. The highest BCUT2D eigenvalue weighted by atomic mass is 16.2. The Labute approximate surface area is 158 Å². The molecule has 0 bridgehead atoms. The van der Waals surface area contributed by atoms with Crippen LogP contribution < -0.4 is 10.6 Å². The summed E-state index contributed by atoms with van der Waals surface area (Å²) in [7, 11) is 0. The first-order valence-corrected chi connectivity index (χ1v) is 9.03. The molecule has 1 heterocycles. The average Bonchev–Trinajstić information content (AvgIpc) is 2.73. The van der Waals surface area contributed by atoms with Crippen molar-refractivity contribution >= 4 is 17.6 Å². The molecule has 3 amide bonds. The Balaban J connectivity index is 1.43. The van der Waals surface area contributed by atoms with E-state index in [4.69, 9.17) is 5.26 Å². The van der Waals surface area contributed by atoms with Gasteiger partial charge in [0.05, 0.1) is 11.6 Å². The molecule has 0 saturated carbocycles. The van der Waals surface area contributed by atoms with Gasteiger partial charge >= 0.3 is 6.03 Å². The molecule has 2 aromatic carbocycles. The highest BCUT2D eigenvalue weighted by Crippen LogP contribution is 2.19. The van der Waals surface area contributed by atoms with Crippen molar-refractivity contribution in [3.05, 3.63) is 65.7 Å². The van der Waals surface area contributed by atoms with Crippen molar-refractivity contribution in [1.29, 1.82) is 5.26 Å². The molecule has 138 valence electrons. The Kier molecular flexibility index (Phi) is 6.06. The van der Waals surface area contributed by atoms with E-state index in [1.165, 1.54) is 0 Å². The van der Waals surface area contributed by atoms with Crippen LogP contribution in [0, 0.1) is 17.2 Å². The van der Waals surface area contributed by atoms with Gasteiger partial charge in [-0.3, -0.25) is 4.79 Å². The standard InChI is InChI=1S/C21H22N4O2/c22-14-16-6-8-17(9-7-16)15-23-21(27)25-12-10-18(11-13-25)20(26)24-19-4-2-1-3-5-19/h1-9,18H,10-13,15H2,(H,23,27)(H,24,26). The van der Waals surface area contributed by atoms with Crippen molar-refractivity contribution in [3.63, 3.8) is 0 Å². The monoisotopic (exact) mass is 362 g/mol. The van der Waals surface area contributed by atoms with Crippen LogP contribution in [0.25, 0.3) is 0 Å². The molecule has 1 aliphatic rings. The maximum atomic E-state index is 12.4. The Morgan fingerprint density at radius 3 is 2.33 bits per heavy atom. The zero-order valence-corrected chi connectivity index (χ0v) is 15.0. The minimum atomic E-state index is -0.124. The summed E-state index contributed by atoms with van der Waals surface area (Å²) < 4.78 is 0. The molecule has 0 aliphatic carbocycles. The highest BCUT2D eigenvalue weighted by Gasteiger charge is 2.27. The lowest BCUT2D eigenvalue weighted by atomic mass is 9.96. The number of hydrogen-bond donors (Lipinski definition) is 2. The number of benzene rings is 2. The van der Waals surface area contributed by atoms with Crippen LogP contribution in [0.4, 0.5) is 10.5 Å². The van der Waals surface area contributed by atoms with Gasteiger partial charge in [0.25, 0.3) is 0 Å². The van der Waals surface area contributed by atoms with Gasteiger partial charge < -0.3 is 15.5 Å². The smallest absolute Gasteiger partial charge is 0.317 e. The highest BCUT2D eigenvalue weighted by molar-refractivity contribution is 5.92. The second-order valence-electron chi connectivity index (χ2n) is 6.58. The van der Waals surface area contributed by atoms with Crippen molar-refractivity contribution in [2.24, 2.45) is 5.92 Å². The fourth-order valence-electron chi connectivity index (χ4n) is 3.10. The van der Waals surface area contributed by atoms with E-state index in [-0.39, 0.29) is 17.9 Å². The third kappa shape index (κ3) is 5.08. The van der Waals surface area contributed by atoms with Crippen molar-refractivity contribution in [1.82, 2.24) is 10.2 Å². The van der Waals surface area contributed by atoms with E-state index < -0.39 is 0 Å². The molecule has 0 atom stereocenters. The first-order chi connectivity index (χ1) is 13.2. The van der Waals surface area contributed by atoms with Crippen molar-refractivity contribution < 1.29 is 9.59 Å². The van der Waals surface area contributed by atoms with Crippen molar-refractivity contribution in [2.45, 2.75) is 19.4 Å². The Hall–Kier alpha value is -3.33. The molecule has 0 radical (unpaired) electrons. The Bertz CT molecular complexity index is 820. The summed E-state index contributed by atoms with van der Waals surface area (Å²) in [5.74, 6) is -0.0633. The van der Waals surface area contributed by atoms with Crippen LogP contribution in [0.5, 0.6) is 0 Å². The summed E-state index contributed by atoms with van der Waals surface area (Å²) in [5, 5.41) is 14.6. The molecule has 0 unspecified atom stereocenters. The van der Waals surface area contributed by atoms with E-state index in [2.05, 4.69) is 16.7 Å². The first-order valence-electron chi connectivity index (χ1n) is 9.03. The van der Waals surface area contributed by atoms with Gasteiger partial charge in [-0.1, -0.05) is 30.3 Å². The van der Waals surface area contributed by atoms with E-state index in [0.29, 0.717) is 38.0 Å². The number of carbonyl (C=O) groups excluding carboxylic acids is 2. The van der Waals surface area contributed by atoms with Crippen LogP contribution >= 0.6 is 0 Å². The largest absolute Gasteiger partial charge is 0.334 e. The number of nitrogens with one attached hydrogen (secondary N) is 2. The van der Waals surface area contributed by atoms with Crippen LogP contribution in [0.2, 0.25) is 0 Å². The van der Waals surface area contributed by atoms with Gasteiger partial charge in [0, 0.05) is 31.2 Å². The van der Waals surface area contributed by atoms with E-state index in [1.807, 2.05) is 42.5 Å². The number of hydrogen-bond acceptors (Lipinski definition) is 3. The summed E-state index contributed by atoms with van der Waals surface area (Å²) in [5.41, 5.74) is 2.34. The molecular weight excluding hydrogens is 340 g/mol. The van der Waals surface area contributed by atoms with Gasteiger partial charge in [-0.15, -0.1) is 0 Å². The van der Waals surface area contributed by atoms with Crippen LogP contribution in [0.1, 0.15) is 24.0 Å². The van der Waals surface area contributed by atoms with Crippen LogP contribution in [0.15, 0.2) is 54.6 Å². The number of piperidine rings is 1. The SMILES string of the molecule is N#Cc1ccc(CNC(=O)N2CCC(C(=O)Nc3ccccc3)CC2)cc1. The summed E-state index contributed by atoms with van der Waals surface area (Å²) in [4.78, 5) is 26.4. The summed E-state index contributed by atoms with van der Waals surface area (Å²) in [6, 6.07) is 18.5. The van der Waals surface area contributed by atoms with Gasteiger partial charge in [-0.2, -0.15) is 5.26 Å². The molecule has 1 saturated heterocycles. The Morgan fingerprint density at radius 1 is 1.04 bits per heavy atom. The Morgan fingerprint density at radius 2 is 1.70 bits per heavy atom. The molecule has 3 rings (SSSR count). The fraction of sp³-hybridized carbons (Fsp3) is 0.286. The number of anilines is 1. The molecule has 27 heavy (non-hydrogen) atoms. The zero-order chi connectivity index (χ0) is 19.1. The van der Waals surface area contributed by atoms with Crippen LogP contribution in [0.3, 0.4) is 0 Å². The van der Waals surface area contributed by atoms with Gasteiger partial charge in [-0.25, -0.2) is 4.79 Å². The number of carbonyl (C=O) groups is 2. The van der Waals surface area contributed by atoms with Gasteiger partial charge in [0.2, 0.25) is 5.91 Å². The number of para-hydroxylation sites is 1. The molecule has 0 spiro atoms. The summed E-state index contributed by atoms with van der Waals surface area (Å²) in [6.45, 7) is 1.54. The lowest BCUT2D eigenvalue weighted by molar-refractivity contribution is -0.121. The fourth-order valence-corrected chi connectivity index (χ4v) is 3.10. The van der Waals surface area contributed by atoms with E-state index >= 15 is 0 Å². The molecule has 1 aliphatic heterocycles. The zero-order valence-electron chi connectivity index (χ0n) is 15.0. The lowest BCUT2D eigenvalue weighted by Crippen LogP contribution is -2.45. The molecule has 6 nitrogen and oxygen atoms in total. The molecular formula is C21H22N4O2. The third-order valence-electron chi connectivity index (χ3n) is 4.72. The van der Waals surface area contributed by atoms with Crippen LogP contribution in [-0.2, 0) is 11.3 Å². The van der Waals surface area contributed by atoms with Crippen molar-refractivity contribution in [3.8, 4) is 6.07 Å². The lowest BCUT2D eigenvalue weighted by Gasteiger charge is -2.31.